The van der Waals surface area contributed by atoms with Gasteiger partial charge in [-0.1, -0.05) is 12.1 Å². The summed E-state index contributed by atoms with van der Waals surface area (Å²) in [4.78, 5) is 30.3. The third-order valence-corrected chi connectivity index (χ3v) is 7.40. The quantitative estimate of drug-likeness (QED) is 0.448. The minimum Gasteiger partial charge on any atom is -0.370 e. The molecule has 168 valence electrons. The molecule has 6 heteroatoms. The summed E-state index contributed by atoms with van der Waals surface area (Å²) < 4.78 is 0. The lowest BCUT2D eigenvalue weighted by molar-refractivity contribution is 0.0968. The van der Waals surface area contributed by atoms with Crippen molar-refractivity contribution >= 4 is 33.4 Å². The lowest BCUT2D eigenvalue weighted by atomic mass is 9.96. The minimum atomic E-state index is 0.166. The summed E-state index contributed by atoms with van der Waals surface area (Å²) in [6, 6.07) is 13.1. The maximum atomic E-state index is 13.3. The Morgan fingerprint density at radius 1 is 1.00 bits per heavy atom. The van der Waals surface area contributed by atoms with Crippen LogP contribution in [0.1, 0.15) is 36.0 Å². The summed E-state index contributed by atoms with van der Waals surface area (Å²) >= 11 is 0. The standard InChI is InChI=1S/C27H29N5O/c1-31-11-9-20(10-12-31)32(2)26-21-13-18(19-6-8-24-25(14-19)30-16-29-24)5-7-23(21)28-15-22(26)27(33)17-3-4-17/h5-8,13-17,20H,3-4,9-12H2,1-2H3,(H,29,30). The van der Waals surface area contributed by atoms with Crippen LogP contribution in [-0.4, -0.2) is 58.9 Å². The summed E-state index contributed by atoms with van der Waals surface area (Å²) in [5.74, 6) is 0.418. The highest BCUT2D eigenvalue weighted by Gasteiger charge is 2.34. The third kappa shape index (κ3) is 3.68. The van der Waals surface area contributed by atoms with Crippen LogP contribution in [-0.2, 0) is 0 Å². The first-order valence-electron chi connectivity index (χ1n) is 11.9. The molecule has 1 saturated heterocycles. The minimum absolute atomic E-state index is 0.166. The SMILES string of the molecule is CN1CCC(N(C)c2c(C(=O)C3CC3)cnc3ccc(-c4ccc5[nH]cnc5c4)cc23)CC1. The van der Waals surface area contributed by atoms with Gasteiger partial charge in [-0.3, -0.25) is 9.78 Å². The Balaban J connectivity index is 1.49. The number of benzene rings is 2. The third-order valence-electron chi connectivity index (χ3n) is 7.40. The first kappa shape index (κ1) is 20.4. The second-order valence-corrected chi connectivity index (χ2v) is 9.67. The Kier molecular flexibility index (Phi) is 4.91. The summed E-state index contributed by atoms with van der Waals surface area (Å²) in [6.45, 7) is 2.16. The van der Waals surface area contributed by atoms with Gasteiger partial charge < -0.3 is 14.8 Å². The van der Waals surface area contributed by atoms with Crippen molar-refractivity contribution in [3.63, 3.8) is 0 Å². The molecular weight excluding hydrogens is 410 g/mol. The highest BCUT2D eigenvalue weighted by Crippen LogP contribution is 2.40. The van der Waals surface area contributed by atoms with E-state index < -0.39 is 0 Å². The van der Waals surface area contributed by atoms with Crippen molar-refractivity contribution in [1.82, 2.24) is 19.9 Å². The van der Waals surface area contributed by atoms with Gasteiger partial charge in [0.2, 0.25) is 0 Å². The molecule has 2 aromatic heterocycles. The van der Waals surface area contributed by atoms with Crippen molar-refractivity contribution in [2.45, 2.75) is 31.7 Å². The van der Waals surface area contributed by atoms with Crippen LogP contribution < -0.4 is 4.90 Å². The number of aromatic nitrogens is 3. The van der Waals surface area contributed by atoms with Gasteiger partial charge in [0.25, 0.3) is 0 Å². The number of piperidine rings is 1. The van der Waals surface area contributed by atoms with Gasteiger partial charge in [-0.15, -0.1) is 0 Å². The Morgan fingerprint density at radius 3 is 2.55 bits per heavy atom. The van der Waals surface area contributed by atoms with E-state index in [0.717, 1.165) is 83.1 Å². The number of fused-ring (bicyclic) bond motifs is 2. The van der Waals surface area contributed by atoms with Crippen LogP contribution in [0.2, 0.25) is 0 Å². The molecule has 2 aliphatic rings. The lowest BCUT2D eigenvalue weighted by Gasteiger charge is -2.37. The zero-order valence-electron chi connectivity index (χ0n) is 19.2. The monoisotopic (exact) mass is 439 g/mol. The molecule has 0 atom stereocenters. The van der Waals surface area contributed by atoms with Crippen LogP contribution in [0.5, 0.6) is 0 Å². The fourth-order valence-corrected chi connectivity index (χ4v) is 5.16. The average Bonchev–Trinajstić information content (AvgIpc) is 3.59. The molecule has 0 bridgehead atoms. The Labute approximate surface area is 193 Å². The molecule has 3 heterocycles. The average molecular weight is 440 g/mol. The number of carbonyl (C=O) groups is 1. The van der Waals surface area contributed by atoms with Crippen LogP contribution >= 0.6 is 0 Å². The van der Waals surface area contributed by atoms with E-state index in [9.17, 15) is 4.79 Å². The predicted octanol–water partition coefficient (Wildman–Crippen LogP) is 4.90. The number of pyridine rings is 1. The topological polar surface area (TPSA) is 65.1 Å². The molecule has 0 amide bonds. The molecule has 2 fully saturated rings. The normalized spacial score (nSPS) is 17.6. The molecule has 0 radical (unpaired) electrons. The summed E-state index contributed by atoms with van der Waals surface area (Å²) in [5, 5.41) is 1.06. The number of nitrogens with zero attached hydrogens (tertiary/aromatic N) is 4. The van der Waals surface area contributed by atoms with E-state index in [0.29, 0.717) is 6.04 Å². The molecule has 2 aromatic carbocycles. The van der Waals surface area contributed by atoms with Crippen molar-refractivity contribution in [2.75, 3.05) is 32.1 Å². The van der Waals surface area contributed by atoms with Crippen LogP contribution in [0.25, 0.3) is 33.1 Å². The number of hydrogen-bond donors (Lipinski definition) is 1. The van der Waals surface area contributed by atoms with E-state index >= 15 is 0 Å². The molecule has 0 spiro atoms. The zero-order chi connectivity index (χ0) is 22.5. The van der Waals surface area contributed by atoms with Gasteiger partial charge in [0.05, 0.1) is 34.1 Å². The number of Topliss-reactive ketones (excluding diaryl/α,β-unsaturated/α-hetero) is 1. The molecule has 6 rings (SSSR count). The predicted molar refractivity (Wildman–Crippen MR) is 133 cm³/mol. The van der Waals surface area contributed by atoms with Crippen LogP contribution in [0.15, 0.2) is 48.9 Å². The van der Waals surface area contributed by atoms with Gasteiger partial charge >= 0.3 is 0 Å². The second-order valence-electron chi connectivity index (χ2n) is 9.67. The highest BCUT2D eigenvalue weighted by atomic mass is 16.1. The Hall–Kier alpha value is -3.25. The van der Waals surface area contributed by atoms with E-state index in [1.807, 2.05) is 6.20 Å². The van der Waals surface area contributed by atoms with Crippen molar-refractivity contribution in [3.8, 4) is 11.1 Å². The van der Waals surface area contributed by atoms with Gasteiger partial charge in [-0.2, -0.15) is 0 Å². The van der Waals surface area contributed by atoms with Gasteiger partial charge in [-0.05, 0) is 81.2 Å². The Bertz CT molecular complexity index is 1350. The molecule has 1 N–H and O–H groups in total. The van der Waals surface area contributed by atoms with Crippen LogP contribution in [0.3, 0.4) is 0 Å². The fourth-order valence-electron chi connectivity index (χ4n) is 5.16. The smallest absolute Gasteiger partial charge is 0.169 e. The first-order valence-corrected chi connectivity index (χ1v) is 11.9. The molecule has 4 aromatic rings. The lowest BCUT2D eigenvalue weighted by Crippen LogP contribution is -2.42. The van der Waals surface area contributed by atoms with E-state index in [2.05, 4.69) is 70.3 Å². The fraction of sp³-hybridized carbons (Fsp3) is 0.370. The number of carbonyl (C=O) groups excluding carboxylic acids is 1. The molecular formula is C27H29N5O. The summed E-state index contributed by atoms with van der Waals surface area (Å²) in [5.41, 5.74) is 6.97. The molecule has 6 nitrogen and oxygen atoms in total. The molecule has 1 aliphatic carbocycles. The zero-order valence-corrected chi connectivity index (χ0v) is 19.2. The number of hydrogen-bond acceptors (Lipinski definition) is 5. The van der Waals surface area contributed by atoms with E-state index in [1.165, 1.54) is 0 Å². The van der Waals surface area contributed by atoms with Gasteiger partial charge in [0, 0.05) is 30.6 Å². The molecule has 1 aliphatic heterocycles. The summed E-state index contributed by atoms with van der Waals surface area (Å²) in [6.07, 6.45) is 7.74. The number of ketones is 1. The Morgan fingerprint density at radius 2 is 1.76 bits per heavy atom. The maximum Gasteiger partial charge on any atom is 0.169 e. The van der Waals surface area contributed by atoms with Gasteiger partial charge in [-0.25, -0.2) is 4.98 Å². The van der Waals surface area contributed by atoms with E-state index in [-0.39, 0.29) is 11.7 Å². The number of anilines is 1. The van der Waals surface area contributed by atoms with Crippen LogP contribution in [0.4, 0.5) is 5.69 Å². The number of rotatable bonds is 5. The number of H-pyrrole nitrogens is 1. The molecule has 1 saturated carbocycles. The van der Waals surface area contributed by atoms with Crippen molar-refractivity contribution in [2.24, 2.45) is 5.92 Å². The highest BCUT2D eigenvalue weighted by molar-refractivity contribution is 6.10. The van der Waals surface area contributed by atoms with Crippen molar-refractivity contribution in [1.29, 1.82) is 0 Å². The first-order chi connectivity index (χ1) is 16.1. The maximum absolute atomic E-state index is 13.3. The van der Waals surface area contributed by atoms with Crippen molar-refractivity contribution < 1.29 is 4.79 Å². The van der Waals surface area contributed by atoms with Crippen LogP contribution in [0, 0.1) is 5.92 Å². The van der Waals surface area contributed by atoms with Gasteiger partial charge in [0.15, 0.2) is 5.78 Å². The van der Waals surface area contributed by atoms with E-state index in [1.54, 1.807) is 6.33 Å². The second kappa shape index (κ2) is 7.96. The number of nitrogens with one attached hydrogen (secondary N) is 1. The largest absolute Gasteiger partial charge is 0.370 e. The van der Waals surface area contributed by atoms with Gasteiger partial charge in [0.1, 0.15) is 0 Å². The summed E-state index contributed by atoms with van der Waals surface area (Å²) in [7, 11) is 4.35. The number of imidazole rings is 1. The van der Waals surface area contributed by atoms with Crippen molar-refractivity contribution in [3.05, 3.63) is 54.5 Å². The molecule has 0 unspecified atom stereocenters. The van der Waals surface area contributed by atoms with E-state index in [4.69, 9.17) is 4.98 Å². The molecule has 33 heavy (non-hydrogen) atoms. The number of likely N-dealkylation sites (tertiary alicyclic amines) is 1. The number of aromatic amines is 1.